The van der Waals surface area contributed by atoms with Gasteiger partial charge in [0.15, 0.2) is 0 Å². The first-order valence-electron chi connectivity index (χ1n) is 7.88. The molecule has 1 aromatic rings. The molecule has 5 nitrogen and oxygen atoms in total. The molecule has 0 aliphatic carbocycles. The fourth-order valence-electron chi connectivity index (χ4n) is 3.06. The van der Waals surface area contributed by atoms with Gasteiger partial charge in [-0.25, -0.2) is 0 Å². The fourth-order valence-corrected chi connectivity index (χ4v) is 3.06. The van der Waals surface area contributed by atoms with Crippen molar-refractivity contribution in [3.8, 4) is 5.75 Å². The smallest absolute Gasteiger partial charge is 0.124 e. The average Bonchev–Trinajstić information content (AvgIpc) is 2.79. The van der Waals surface area contributed by atoms with Crippen molar-refractivity contribution in [1.29, 1.82) is 0 Å². The third kappa shape index (κ3) is 4.68. The maximum absolute atomic E-state index is 10.5. The second-order valence-electron chi connectivity index (χ2n) is 6.92. The lowest BCUT2D eigenvalue weighted by molar-refractivity contribution is 0.174. The SMILES string of the molecule is CN(C)Cc1cc(CN2CCC(O)C2)cc(CN(C)C)c1O. The monoisotopic (exact) mass is 307 g/mol. The summed E-state index contributed by atoms with van der Waals surface area (Å²) in [5.74, 6) is 0.410. The predicted molar refractivity (Wildman–Crippen MR) is 88.8 cm³/mol. The van der Waals surface area contributed by atoms with E-state index in [-0.39, 0.29) is 6.10 Å². The molecular formula is C17H29N3O2. The van der Waals surface area contributed by atoms with Crippen LogP contribution < -0.4 is 0 Å². The lowest BCUT2D eigenvalue weighted by atomic mass is 10.0. The Morgan fingerprint density at radius 2 is 1.64 bits per heavy atom. The van der Waals surface area contributed by atoms with Gasteiger partial charge in [-0.15, -0.1) is 0 Å². The first-order valence-corrected chi connectivity index (χ1v) is 7.88. The van der Waals surface area contributed by atoms with Gasteiger partial charge in [-0.3, -0.25) is 4.90 Å². The number of aliphatic hydroxyl groups is 1. The molecule has 1 heterocycles. The van der Waals surface area contributed by atoms with Gasteiger partial charge in [0.05, 0.1) is 6.10 Å². The van der Waals surface area contributed by atoms with E-state index in [0.717, 1.165) is 50.3 Å². The van der Waals surface area contributed by atoms with E-state index >= 15 is 0 Å². The van der Waals surface area contributed by atoms with E-state index in [1.165, 1.54) is 5.56 Å². The topological polar surface area (TPSA) is 50.2 Å². The van der Waals surface area contributed by atoms with Crippen LogP contribution in [0.4, 0.5) is 0 Å². The van der Waals surface area contributed by atoms with E-state index in [0.29, 0.717) is 5.75 Å². The standard InChI is InChI=1S/C17H29N3O2/c1-18(2)10-14-7-13(9-20-6-5-16(21)12-20)8-15(17(14)22)11-19(3)4/h7-8,16,21-22H,5-6,9-12H2,1-4H3. The van der Waals surface area contributed by atoms with Crippen molar-refractivity contribution in [1.82, 2.24) is 14.7 Å². The van der Waals surface area contributed by atoms with Crippen LogP contribution in [0.15, 0.2) is 12.1 Å². The number of β-amino-alcohol motifs (C(OH)–C–C–N with tert-alkyl or cyclic N) is 1. The summed E-state index contributed by atoms with van der Waals surface area (Å²) < 4.78 is 0. The Balaban J connectivity index is 2.23. The number of nitrogens with zero attached hydrogens (tertiary/aromatic N) is 3. The fraction of sp³-hybridized carbons (Fsp3) is 0.647. The van der Waals surface area contributed by atoms with Crippen LogP contribution in [0.1, 0.15) is 23.1 Å². The molecule has 1 saturated heterocycles. The minimum atomic E-state index is -0.195. The number of likely N-dealkylation sites (tertiary alicyclic amines) is 1. The molecule has 0 bridgehead atoms. The Morgan fingerprint density at radius 1 is 1.09 bits per heavy atom. The third-order valence-corrected chi connectivity index (χ3v) is 3.95. The van der Waals surface area contributed by atoms with Gasteiger partial charge in [-0.1, -0.05) is 0 Å². The van der Waals surface area contributed by atoms with Gasteiger partial charge in [0, 0.05) is 43.9 Å². The Hall–Kier alpha value is -1.14. The molecule has 22 heavy (non-hydrogen) atoms. The second kappa shape index (κ2) is 7.42. The summed E-state index contributed by atoms with van der Waals surface area (Å²) in [5, 5.41) is 20.2. The molecule has 1 fully saturated rings. The molecule has 2 N–H and O–H groups in total. The highest BCUT2D eigenvalue weighted by molar-refractivity contribution is 5.44. The van der Waals surface area contributed by atoms with E-state index < -0.39 is 0 Å². The van der Waals surface area contributed by atoms with Gasteiger partial charge in [0.2, 0.25) is 0 Å². The van der Waals surface area contributed by atoms with Crippen molar-refractivity contribution in [3.63, 3.8) is 0 Å². The average molecular weight is 307 g/mol. The van der Waals surface area contributed by atoms with Crippen molar-refractivity contribution >= 4 is 0 Å². The molecule has 1 unspecified atom stereocenters. The zero-order valence-corrected chi connectivity index (χ0v) is 14.2. The van der Waals surface area contributed by atoms with Crippen LogP contribution >= 0.6 is 0 Å². The highest BCUT2D eigenvalue weighted by Crippen LogP contribution is 2.28. The lowest BCUT2D eigenvalue weighted by Crippen LogP contribution is -2.22. The highest BCUT2D eigenvalue weighted by Gasteiger charge is 2.21. The molecule has 1 atom stereocenters. The molecule has 0 spiro atoms. The summed E-state index contributed by atoms with van der Waals surface area (Å²) in [6.07, 6.45) is 0.660. The number of phenolic OH excluding ortho intramolecular Hbond substituents is 1. The van der Waals surface area contributed by atoms with E-state index in [1.807, 2.05) is 28.2 Å². The summed E-state index contributed by atoms with van der Waals surface area (Å²) in [6, 6.07) is 4.19. The van der Waals surface area contributed by atoms with Gasteiger partial charge in [0.1, 0.15) is 5.75 Å². The normalized spacial score (nSPS) is 19.5. The van der Waals surface area contributed by atoms with E-state index in [4.69, 9.17) is 0 Å². The Labute approximate surface area is 133 Å². The van der Waals surface area contributed by atoms with Crippen LogP contribution in [0.25, 0.3) is 0 Å². The molecule has 1 aromatic carbocycles. The Kier molecular flexibility index (Phi) is 5.81. The second-order valence-corrected chi connectivity index (χ2v) is 6.92. The number of benzene rings is 1. The van der Waals surface area contributed by atoms with Crippen LogP contribution in [0, 0.1) is 0 Å². The number of phenols is 1. The predicted octanol–water partition coefficient (Wildman–Crippen LogP) is 1.08. The van der Waals surface area contributed by atoms with Crippen LogP contribution in [0.3, 0.4) is 0 Å². The molecule has 1 aliphatic rings. The number of aliphatic hydroxyl groups excluding tert-OH is 1. The minimum absolute atomic E-state index is 0.195. The van der Waals surface area contributed by atoms with E-state index in [2.05, 4.69) is 26.8 Å². The van der Waals surface area contributed by atoms with Gasteiger partial charge >= 0.3 is 0 Å². The van der Waals surface area contributed by atoms with Crippen LogP contribution in [0.2, 0.25) is 0 Å². The summed E-state index contributed by atoms with van der Waals surface area (Å²) in [7, 11) is 8.03. The molecule has 0 radical (unpaired) electrons. The maximum Gasteiger partial charge on any atom is 0.124 e. The van der Waals surface area contributed by atoms with Crippen molar-refractivity contribution in [2.75, 3.05) is 41.3 Å². The quantitative estimate of drug-likeness (QED) is 0.824. The summed E-state index contributed by atoms with van der Waals surface area (Å²) >= 11 is 0. The van der Waals surface area contributed by atoms with Crippen LogP contribution in [-0.2, 0) is 19.6 Å². The summed E-state index contributed by atoms with van der Waals surface area (Å²) in [5.41, 5.74) is 3.15. The first-order chi connectivity index (χ1) is 10.3. The summed E-state index contributed by atoms with van der Waals surface area (Å²) in [4.78, 5) is 6.41. The lowest BCUT2D eigenvalue weighted by Gasteiger charge is -2.20. The third-order valence-electron chi connectivity index (χ3n) is 3.95. The molecule has 124 valence electrons. The zero-order valence-electron chi connectivity index (χ0n) is 14.2. The molecular weight excluding hydrogens is 278 g/mol. The molecule has 0 amide bonds. The van der Waals surface area contributed by atoms with E-state index in [9.17, 15) is 10.2 Å². The van der Waals surface area contributed by atoms with Crippen molar-refractivity contribution in [3.05, 3.63) is 28.8 Å². The molecule has 0 aromatic heterocycles. The Bertz CT molecular complexity index is 472. The number of hydrogen-bond acceptors (Lipinski definition) is 5. The zero-order chi connectivity index (χ0) is 16.3. The molecule has 0 saturated carbocycles. The number of rotatable bonds is 6. The largest absolute Gasteiger partial charge is 0.507 e. The van der Waals surface area contributed by atoms with E-state index in [1.54, 1.807) is 0 Å². The maximum atomic E-state index is 10.5. The van der Waals surface area contributed by atoms with Crippen molar-refractivity contribution < 1.29 is 10.2 Å². The van der Waals surface area contributed by atoms with Crippen LogP contribution in [0.5, 0.6) is 5.75 Å². The van der Waals surface area contributed by atoms with Crippen molar-refractivity contribution in [2.45, 2.75) is 32.2 Å². The van der Waals surface area contributed by atoms with Gasteiger partial charge in [-0.2, -0.15) is 0 Å². The minimum Gasteiger partial charge on any atom is -0.507 e. The molecule has 2 rings (SSSR count). The van der Waals surface area contributed by atoms with Crippen LogP contribution in [-0.4, -0.2) is 72.3 Å². The number of aromatic hydroxyl groups is 1. The highest BCUT2D eigenvalue weighted by atomic mass is 16.3. The summed E-state index contributed by atoms with van der Waals surface area (Å²) in [6.45, 7) is 3.96. The van der Waals surface area contributed by atoms with Gasteiger partial charge in [-0.05, 0) is 52.3 Å². The van der Waals surface area contributed by atoms with Crippen molar-refractivity contribution in [2.24, 2.45) is 0 Å². The first kappa shape index (κ1) is 17.2. The number of hydrogen-bond donors (Lipinski definition) is 2. The Morgan fingerprint density at radius 3 is 2.05 bits per heavy atom. The molecule has 1 aliphatic heterocycles. The molecule has 5 heteroatoms. The van der Waals surface area contributed by atoms with Gasteiger partial charge < -0.3 is 20.0 Å². The van der Waals surface area contributed by atoms with Gasteiger partial charge in [0.25, 0.3) is 0 Å².